The minimum absolute atomic E-state index is 0.257. The maximum atomic E-state index is 13.1. The van der Waals surface area contributed by atoms with Crippen molar-refractivity contribution in [1.82, 2.24) is 4.98 Å². The van der Waals surface area contributed by atoms with E-state index in [2.05, 4.69) is 15.6 Å². The van der Waals surface area contributed by atoms with E-state index < -0.39 is 17.8 Å². The van der Waals surface area contributed by atoms with Crippen molar-refractivity contribution in [1.29, 1.82) is 0 Å². The lowest BCUT2D eigenvalue weighted by Gasteiger charge is -2.21. The second kappa shape index (κ2) is 14.5. The quantitative estimate of drug-likeness (QED) is 0.224. The molecular formula is C32H34F3N3O4. The van der Waals surface area contributed by atoms with E-state index in [0.717, 1.165) is 49.1 Å². The smallest absolute Gasteiger partial charge is 0.416 e. The molecule has 2 N–H and O–H groups in total. The Hall–Kier alpha value is -4.34. The molecule has 0 fully saturated rings. The van der Waals surface area contributed by atoms with Crippen LogP contribution in [-0.2, 0) is 22.1 Å². The summed E-state index contributed by atoms with van der Waals surface area (Å²) in [6, 6.07) is 17.3. The lowest BCUT2D eigenvalue weighted by molar-refractivity contribution is -0.137. The van der Waals surface area contributed by atoms with Crippen LogP contribution in [0.2, 0.25) is 0 Å². The third-order valence-electron chi connectivity index (χ3n) is 6.81. The summed E-state index contributed by atoms with van der Waals surface area (Å²) in [6.07, 6.45) is 0.234. The van der Waals surface area contributed by atoms with E-state index in [0.29, 0.717) is 60.9 Å². The molecule has 10 heteroatoms. The number of ether oxygens (including phenoxy) is 2. The van der Waals surface area contributed by atoms with Crippen molar-refractivity contribution in [3.63, 3.8) is 0 Å². The van der Waals surface area contributed by atoms with Crippen molar-refractivity contribution in [2.24, 2.45) is 0 Å². The van der Waals surface area contributed by atoms with E-state index in [1.807, 2.05) is 13.0 Å². The molecule has 0 saturated carbocycles. The van der Waals surface area contributed by atoms with Gasteiger partial charge in [0.2, 0.25) is 0 Å². The van der Waals surface area contributed by atoms with Gasteiger partial charge in [0.15, 0.2) is 0 Å². The zero-order chi connectivity index (χ0) is 30.0. The third-order valence-corrected chi connectivity index (χ3v) is 6.81. The Morgan fingerprint density at radius 3 is 2.36 bits per heavy atom. The number of unbranched alkanes of at least 4 members (excludes halogenated alkanes) is 1. The number of carbonyl (C=O) groups is 2. The minimum Gasteiger partial charge on any atom is -0.493 e. The molecule has 0 aliphatic heterocycles. The van der Waals surface area contributed by atoms with Crippen molar-refractivity contribution >= 4 is 29.1 Å². The van der Waals surface area contributed by atoms with Crippen LogP contribution in [-0.4, -0.2) is 30.2 Å². The predicted octanol–water partition coefficient (Wildman–Crippen LogP) is 8.04. The van der Waals surface area contributed by atoms with Gasteiger partial charge < -0.3 is 14.8 Å². The first-order valence-corrected chi connectivity index (χ1v) is 14.1. The van der Waals surface area contributed by atoms with Crippen molar-refractivity contribution in [2.45, 2.75) is 58.0 Å². The lowest BCUT2D eigenvalue weighted by atomic mass is 9.86. The van der Waals surface area contributed by atoms with Crippen LogP contribution in [0.5, 0.6) is 5.75 Å². The maximum Gasteiger partial charge on any atom is 0.416 e. The molecule has 1 aliphatic rings. The van der Waals surface area contributed by atoms with E-state index in [4.69, 9.17) is 9.47 Å². The number of hydrogen-bond acceptors (Lipinski definition) is 5. The highest BCUT2D eigenvalue weighted by atomic mass is 19.4. The van der Waals surface area contributed by atoms with Gasteiger partial charge in [0.05, 0.1) is 18.8 Å². The van der Waals surface area contributed by atoms with Crippen LogP contribution in [0.15, 0.2) is 72.3 Å². The summed E-state index contributed by atoms with van der Waals surface area (Å²) in [5.41, 5.74) is 2.64. The number of pyridine rings is 1. The Bertz CT molecular complexity index is 1390. The number of rotatable bonds is 11. The molecule has 0 unspecified atom stereocenters. The second-order valence-corrected chi connectivity index (χ2v) is 9.94. The highest BCUT2D eigenvalue weighted by molar-refractivity contribution is 6.09. The normalized spacial score (nSPS) is 13.4. The number of hydrogen-bond donors (Lipinski definition) is 2. The lowest BCUT2D eigenvalue weighted by Crippen LogP contribution is -2.18. The largest absolute Gasteiger partial charge is 0.493 e. The first kappa shape index (κ1) is 30.6. The predicted molar refractivity (Wildman–Crippen MR) is 155 cm³/mol. The topological polar surface area (TPSA) is 89.5 Å². The summed E-state index contributed by atoms with van der Waals surface area (Å²) in [6.45, 7) is 2.73. The Morgan fingerprint density at radius 1 is 0.905 bits per heavy atom. The maximum absolute atomic E-state index is 13.1. The summed E-state index contributed by atoms with van der Waals surface area (Å²) < 4.78 is 49.8. The third kappa shape index (κ3) is 8.83. The first-order valence-electron chi connectivity index (χ1n) is 14.1. The molecule has 3 aromatic rings. The molecule has 2 amide bonds. The van der Waals surface area contributed by atoms with E-state index in [-0.39, 0.29) is 5.91 Å². The molecule has 1 heterocycles. The summed E-state index contributed by atoms with van der Waals surface area (Å²) in [4.78, 5) is 29.4. The molecule has 1 aromatic heterocycles. The van der Waals surface area contributed by atoms with Gasteiger partial charge in [0, 0.05) is 23.4 Å². The van der Waals surface area contributed by atoms with Gasteiger partial charge >= 0.3 is 12.3 Å². The number of alkyl halides is 3. The van der Waals surface area contributed by atoms with Crippen LogP contribution in [0.1, 0.15) is 62.3 Å². The SMILES string of the molecule is CCCCOC(=O)Nc1cccc(CCOc2ccc(NC(=O)C3=C(c4ccc(C(F)(F)F)cc4)CCCC3)cc2)n1. The van der Waals surface area contributed by atoms with Gasteiger partial charge in [0.1, 0.15) is 11.6 Å². The molecular weight excluding hydrogens is 547 g/mol. The number of nitrogens with one attached hydrogen (secondary N) is 2. The van der Waals surface area contributed by atoms with Crippen molar-refractivity contribution < 1.29 is 32.2 Å². The number of nitrogens with zero attached hydrogens (tertiary/aromatic N) is 1. The Labute approximate surface area is 243 Å². The van der Waals surface area contributed by atoms with Crippen LogP contribution in [0, 0.1) is 0 Å². The van der Waals surface area contributed by atoms with Gasteiger partial charge in [-0.2, -0.15) is 13.2 Å². The van der Waals surface area contributed by atoms with Gasteiger partial charge in [-0.05, 0) is 91.8 Å². The first-order chi connectivity index (χ1) is 20.2. The zero-order valence-electron chi connectivity index (χ0n) is 23.4. The summed E-state index contributed by atoms with van der Waals surface area (Å²) >= 11 is 0. The molecule has 0 bridgehead atoms. The zero-order valence-corrected chi connectivity index (χ0v) is 23.4. The molecule has 0 spiro atoms. The fourth-order valence-electron chi connectivity index (χ4n) is 4.59. The average Bonchev–Trinajstić information content (AvgIpc) is 2.98. The van der Waals surface area contributed by atoms with Gasteiger partial charge in [-0.25, -0.2) is 9.78 Å². The molecule has 1 aliphatic carbocycles. The highest BCUT2D eigenvalue weighted by Crippen LogP contribution is 2.35. The van der Waals surface area contributed by atoms with Gasteiger partial charge in [-0.1, -0.05) is 31.5 Å². The summed E-state index contributed by atoms with van der Waals surface area (Å²) in [7, 11) is 0. The van der Waals surface area contributed by atoms with E-state index in [1.165, 1.54) is 12.1 Å². The standard InChI is InChI=1S/C32H34F3N3O4/c1-2-3-20-42-31(40)38-29-10-6-7-24(36-29)19-21-41-26-17-15-25(16-18-26)37-30(39)28-9-5-4-8-27(28)22-11-13-23(14-12-22)32(33,34)35/h6-7,10-18H,2-5,8-9,19-21H2,1H3,(H,37,39)(H,36,38,40). The van der Waals surface area contributed by atoms with Crippen LogP contribution < -0.4 is 15.4 Å². The summed E-state index contributed by atoms with van der Waals surface area (Å²) in [5, 5.41) is 5.53. The number of carbonyl (C=O) groups excluding carboxylic acids is 2. The van der Waals surface area contributed by atoms with Crippen molar-refractivity contribution in [3.05, 3.63) is 89.1 Å². The monoisotopic (exact) mass is 581 g/mol. The highest BCUT2D eigenvalue weighted by Gasteiger charge is 2.30. The second-order valence-electron chi connectivity index (χ2n) is 9.94. The van der Waals surface area contributed by atoms with Crippen LogP contribution in [0.4, 0.5) is 29.5 Å². The molecule has 0 atom stereocenters. The molecule has 222 valence electrons. The van der Waals surface area contributed by atoms with E-state index in [1.54, 1.807) is 36.4 Å². The van der Waals surface area contributed by atoms with Gasteiger partial charge in [0.25, 0.3) is 5.91 Å². The number of halogens is 3. The van der Waals surface area contributed by atoms with Gasteiger partial charge in [-0.3, -0.25) is 10.1 Å². The molecule has 0 radical (unpaired) electrons. The number of benzene rings is 2. The van der Waals surface area contributed by atoms with Crippen LogP contribution >= 0.6 is 0 Å². The fraction of sp³-hybridized carbons (Fsp3) is 0.344. The van der Waals surface area contributed by atoms with Crippen molar-refractivity contribution in [2.75, 3.05) is 23.8 Å². The molecule has 7 nitrogen and oxygen atoms in total. The fourth-order valence-corrected chi connectivity index (χ4v) is 4.59. The number of allylic oxidation sites excluding steroid dienone is 1. The number of aromatic nitrogens is 1. The van der Waals surface area contributed by atoms with E-state index >= 15 is 0 Å². The molecule has 4 rings (SSSR count). The Balaban J connectivity index is 1.30. The number of anilines is 2. The van der Waals surface area contributed by atoms with Crippen LogP contribution in [0.3, 0.4) is 0 Å². The van der Waals surface area contributed by atoms with Gasteiger partial charge in [-0.15, -0.1) is 0 Å². The molecule has 2 aromatic carbocycles. The number of amides is 2. The van der Waals surface area contributed by atoms with Crippen molar-refractivity contribution in [3.8, 4) is 5.75 Å². The Kier molecular flexibility index (Phi) is 10.6. The Morgan fingerprint density at radius 2 is 1.64 bits per heavy atom. The summed E-state index contributed by atoms with van der Waals surface area (Å²) in [5.74, 6) is 0.764. The van der Waals surface area contributed by atoms with Crippen LogP contribution in [0.25, 0.3) is 5.57 Å². The average molecular weight is 582 g/mol. The molecule has 42 heavy (non-hydrogen) atoms. The van der Waals surface area contributed by atoms with E-state index in [9.17, 15) is 22.8 Å². The molecule has 0 saturated heterocycles. The minimum atomic E-state index is -4.40.